The van der Waals surface area contributed by atoms with Gasteiger partial charge in [0.05, 0.1) is 5.71 Å². The Bertz CT molecular complexity index is 732. The van der Waals surface area contributed by atoms with Crippen LogP contribution in [-0.4, -0.2) is 35.6 Å². The Balaban J connectivity index is 3.42. The maximum atomic E-state index is 12.5. The van der Waals surface area contributed by atoms with Gasteiger partial charge in [-0.15, -0.1) is 0 Å². The van der Waals surface area contributed by atoms with E-state index in [0.29, 0.717) is 0 Å². The van der Waals surface area contributed by atoms with Crippen molar-refractivity contribution in [2.75, 3.05) is 5.32 Å². The first-order valence-corrected chi connectivity index (χ1v) is 9.11. The number of aryl methyl sites for hydroxylation is 1. The molecule has 1 rings (SSSR count). The average Bonchev–Trinajstić information content (AvgIpc) is 2.51. The van der Waals surface area contributed by atoms with Crippen LogP contribution in [0.15, 0.2) is 0 Å². The minimum Gasteiger partial charge on any atom is -0.366 e. The summed E-state index contributed by atoms with van der Waals surface area (Å²) in [6, 6.07) is 0.0304. The van der Waals surface area contributed by atoms with Gasteiger partial charge in [-0.1, -0.05) is 20.8 Å². The number of hydrogen-bond donors (Lipinski definition) is 2. The smallest absolute Gasteiger partial charge is 0.366 e. The highest BCUT2D eigenvalue weighted by Crippen LogP contribution is 2.29. The summed E-state index contributed by atoms with van der Waals surface area (Å²) in [7, 11) is -5.86. The lowest BCUT2D eigenvalue weighted by Crippen LogP contribution is -2.29. The highest BCUT2D eigenvalue weighted by molar-refractivity contribution is 7.87. The van der Waals surface area contributed by atoms with Crippen molar-refractivity contribution in [3.63, 3.8) is 0 Å². The highest BCUT2D eigenvalue weighted by atomic mass is 32.2. The van der Waals surface area contributed by atoms with E-state index in [-0.39, 0.29) is 35.4 Å². The topological polar surface area (TPSA) is 105 Å². The van der Waals surface area contributed by atoms with Gasteiger partial charge in [-0.05, 0) is 26.2 Å². The summed E-state index contributed by atoms with van der Waals surface area (Å²) in [5, 5.41) is 10.8. The Hall–Kier alpha value is -1.91. The zero-order valence-electron chi connectivity index (χ0n) is 14.4. The molecule has 142 valence electrons. The first-order valence-electron chi connectivity index (χ1n) is 7.70. The van der Waals surface area contributed by atoms with Crippen molar-refractivity contribution >= 4 is 21.6 Å². The Morgan fingerprint density at radius 2 is 1.80 bits per heavy atom. The molecule has 0 saturated carbocycles. The minimum atomic E-state index is -5.86. The zero-order valence-corrected chi connectivity index (χ0v) is 15.2. The fraction of sp³-hybridized carbons (Fsp3) is 0.643. The van der Waals surface area contributed by atoms with Crippen molar-refractivity contribution in [1.29, 1.82) is 5.41 Å². The van der Waals surface area contributed by atoms with Gasteiger partial charge in [0, 0.05) is 6.04 Å². The molecule has 0 radical (unpaired) electrons. The fourth-order valence-electron chi connectivity index (χ4n) is 1.95. The first-order chi connectivity index (χ1) is 11.5. The molecule has 0 unspecified atom stereocenters. The molecule has 7 nitrogen and oxygen atoms in total. The van der Waals surface area contributed by atoms with Gasteiger partial charge in [0.25, 0.3) is 5.88 Å². The van der Waals surface area contributed by atoms with E-state index in [2.05, 4.69) is 19.5 Å². The summed E-state index contributed by atoms with van der Waals surface area (Å²) in [5.41, 5.74) is -5.77. The third-order valence-electron chi connectivity index (χ3n) is 3.42. The molecule has 0 atom stereocenters. The second kappa shape index (κ2) is 7.98. The van der Waals surface area contributed by atoms with Crippen LogP contribution in [0.1, 0.15) is 51.9 Å². The second-order valence-electron chi connectivity index (χ2n) is 5.29. The highest BCUT2D eigenvalue weighted by Gasteiger charge is 2.49. The Morgan fingerprint density at radius 3 is 2.20 bits per heavy atom. The predicted molar refractivity (Wildman–Crippen MR) is 87.5 cm³/mol. The summed E-state index contributed by atoms with van der Waals surface area (Å²) in [6.07, 6.45) is 1.62. The Kier molecular flexibility index (Phi) is 6.75. The van der Waals surface area contributed by atoms with E-state index >= 15 is 0 Å². The van der Waals surface area contributed by atoms with Gasteiger partial charge < -0.3 is 14.9 Å². The largest absolute Gasteiger partial charge is 0.534 e. The molecule has 25 heavy (non-hydrogen) atoms. The minimum absolute atomic E-state index is 0.0304. The van der Waals surface area contributed by atoms with Crippen LogP contribution in [0.25, 0.3) is 0 Å². The fourth-order valence-corrected chi connectivity index (χ4v) is 2.39. The number of nitrogens with zero attached hydrogens (tertiary/aromatic N) is 2. The molecule has 0 aliphatic heterocycles. The third kappa shape index (κ3) is 5.03. The molecular formula is C14H21F3N4O3S. The molecule has 0 aliphatic carbocycles. The molecular weight excluding hydrogens is 361 g/mol. The second-order valence-corrected chi connectivity index (χ2v) is 6.83. The quantitative estimate of drug-likeness (QED) is 0.406. The van der Waals surface area contributed by atoms with E-state index in [1.54, 1.807) is 6.92 Å². The van der Waals surface area contributed by atoms with E-state index in [1.165, 1.54) is 6.92 Å². The Morgan fingerprint density at radius 1 is 1.24 bits per heavy atom. The standard InChI is InChI=1S/C14H21F3N4O3S/c1-5-9(6-2)19-12-11(8(4)18)21-13(10(7-3)20-12)24-25(22,23)14(15,16)17/h9,18H,5-7H2,1-4H3,(H,19,20). The van der Waals surface area contributed by atoms with Crippen LogP contribution in [0.5, 0.6) is 5.88 Å². The van der Waals surface area contributed by atoms with Crippen LogP contribution in [0, 0.1) is 5.41 Å². The van der Waals surface area contributed by atoms with Gasteiger partial charge in [0.2, 0.25) is 0 Å². The normalized spacial score (nSPS) is 12.3. The zero-order chi connectivity index (χ0) is 19.4. The van der Waals surface area contributed by atoms with Gasteiger partial charge in [-0.2, -0.15) is 21.6 Å². The lowest BCUT2D eigenvalue weighted by molar-refractivity contribution is -0.0501. The van der Waals surface area contributed by atoms with Crippen LogP contribution in [0.2, 0.25) is 0 Å². The molecule has 0 aliphatic rings. The van der Waals surface area contributed by atoms with Crippen LogP contribution in [0.3, 0.4) is 0 Å². The van der Waals surface area contributed by atoms with Crippen molar-refractivity contribution in [2.24, 2.45) is 0 Å². The number of hydrogen-bond acceptors (Lipinski definition) is 7. The molecule has 0 bridgehead atoms. The van der Waals surface area contributed by atoms with Crippen LogP contribution in [-0.2, 0) is 16.5 Å². The molecule has 0 saturated heterocycles. The number of rotatable bonds is 8. The molecule has 0 amide bonds. The number of aromatic nitrogens is 2. The maximum Gasteiger partial charge on any atom is 0.534 e. The summed E-state index contributed by atoms with van der Waals surface area (Å²) in [6.45, 7) is 6.84. The van der Waals surface area contributed by atoms with Crippen LogP contribution >= 0.6 is 0 Å². The van der Waals surface area contributed by atoms with Gasteiger partial charge in [0.1, 0.15) is 11.4 Å². The lowest BCUT2D eigenvalue weighted by Gasteiger charge is -2.19. The van der Waals surface area contributed by atoms with Crippen LogP contribution in [0.4, 0.5) is 19.0 Å². The molecule has 1 aromatic heterocycles. The number of alkyl halides is 3. The van der Waals surface area contributed by atoms with Crippen LogP contribution < -0.4 is 9.50 Å². The number of nitrogens with one attached hydrogen (secondary N) is 2. The summed E-state index contributed by atoms with van der Waals surface area (Å²) < 4.78 is 64.2. The van der Waals surface area contributed by atoms with Crippen molar-refractivity contribution < 1.29 is 25.8 Å². The average molecular weight is 382 g/mol. The number of anilines is 1. The monoisotopic (exact) mass is 382 g/mol. The van der Waals surface area contributed by atoms with Gasteiger partial charge >= 0.3 is 15.6 Å². The number of halogens is 3. The van der Waals surface area contributed by atoms with E-state index in [9.17, 15) is 21.6 Å². The molecule has 2 N–H and O–H groups in total. The van der Waals surface area contributed by atoms with Crippen molar-refractivity contribution in [3.05, 3.63) is 11.4 Å². The van der Waals surface area contributed by atoms with Gasteiger partial charge in [0.15, 0.2) is 5.82 Å². The van der Waals surface area contributed by atoms with E-state index in [0.717, 1.165) is 12.8 Å². The van der Waals surface area contributed by atoms with Gasteiger partial charge in [-0.25, -0.2) is 9.97 Å². The summed E-state index contributed by atoms with van der Waals surface area (Å²) >= 11 is 0. The molecule has 1 aromatic rings. The summed E-state index contributed by atoms with van der Waals surface area (Å²) in [4.78, 5) is 7.96. The summed E-state index contributed by atoms with van der Waals surface area (Å²) in [5.74, 6) is -0.550. The van der Waals surface area contributed by atoms with E-state index in [1.807, 2.05) is 13.8 Å². The molecule has 0 aromatic carbocycles. The van der Waals surface area contributed by atoms with E-state index in [4.69, 9.17) is 5.41 Å². The molecule has 0 spiro atoms. The maximum absolute atomic E-state index is 12.5. The first kappa shape index (κ1) is 21.1. The SMILES string of the molecule is CCc1nc(NC(CC)CC)c(C(C)=N)nc1OS(=O)(=O)C(F)(F)F. The van der Waals surface area contributed by atoms with Crippen molar-refractivity contribution in [2.45, 2.75) is 58.5 Å². The van der Waals surface area contributed by atoms with E-state index < -0.39 is 21.5 Å². The molecule has 1 heterocycles. The third-order valence-corrected chi connectivity index (χ3v) is 4.36. The van der Waals surface area contributed by atoms with Gasteiger partial charge in [-0.3, -0.25) is 0 Å². The lowest BCUT2D eigenvalue weighted by atomic mass is 10.1. The van der Waals surface area contributed by atoms with Crippen molar-refractivity contribution in [3.8, 4) is 5.88 Å². The van der Waals surface area contributed by atoms with Crippen molar-refractivity contribution in [1.82, 2.24) is 9.97 Å². The molecule has 11 heteroatoms. The Labute approximate surface area is 144 Å². The molecule has 0 fully saturated rings. The predicted octanol–water partition coefficient (Wildman–Crippen LogP) is 3.26.